The number of halogens is 1. The van der Waals surface area contributed by atoms with Gasteiger partial charge in [-0.1, -0.05) is 74.9 Å². The van der Waals surface area contributed by atoms with E-state index in [4.69, 9.17) is 9.58 Å². The average molecular weight is 586 g/mol. The fourth-order valence-electron chi connectivity index (χ4n) is 7.73. The molecule has 0 radical (unpaired) electrons. The lowest BCUT2D eigenvalue weighted by molar-refractivity contribution is 0.161. The van der Waals surface area contributed by atoms with E-state index >= 15 is 4.39 Å². The number of nitrogens with zero attached hydrogens (tertiary/aromatic N) is 3. The molecule has 0 aromatic heterocycles. The van der Waals surface area contributed by atoms with Crippen LogP contribution in [-0.2, 0) is 4.84 Å². The van der Waals surface area contributed by atoms with E-state index in [9.17, 15) is 4.79 Å². The lowest BCUT2D eigenvalue weighted by atomic mass is 10.1. The molecule has 0 unspecified atom stereocenters. The molecule has 1 amide bonds. The largest absolute Gasteiger partial charge is 0.458 e. The molecule has 3 saturated carbocycles. The first-order valence-electron chi connectivity index (χ1n) is 15.7. The molecule has 42 heavy (non-hydrogen) atoms. The Morgan fingerprint density at radius 2 is 1.05 bits per heavy atom. The third kappa shape index (κ3) is 6.10. The Balaban J connectivity index is 1.24. The molecule has 3 aliphatic rings. The first kappa shape index (κ1) is 28.9. The van der Waals surface area contributed by atoms with E-state index in [1.165, 1.54) is 77.0 Å². The first-order chi connectivity index (χ1) is 20.6. The Hall–Kier alpha value is -3.24. The summed E-state index contributed by atoms with van der Waals surface area (Å²) >= 11 is 0. The maximum Gasteiger partial charge on any atom is 0.458 e. The summed E-state index contributed by atoms with van der Waals surface area (Å²) in [5, 5.41) is 3.66. The van der Waals surface area contributed by atoms with Crippen LogP contribution in [-0.4, -0.2) is 29.0 Å². The van der Waals surface area contributed by atoms with E-state index in [2.05, 4.69) is 10.1 Å². The Morgan fingerprint density at radius 3 is 1.48 bits per heavy atom. The highest BCUT2D eigenvalue weighted by molar-refractivity contribution is 7.68. The number of amides is 1. The van der Waals surface area contributed by atoms with Crippen LogP contribution < -0.4 is 4.90 Å². The zero-order valence-electron chi connectivity index (χ0n) is 24.3. The molecule has 0 saturated heterocycles. The summed E-state index contributed by atoms with van der Waals surface area (Å²) in [5.41, 5.74) is 4.71. The molecule has 3 aliphatic carbocycles. The van der Waals surface area contributed by atoms with Crippen molar-refractivity contribution in [2.24, 2.45) is 9.90 Å². The van der Waals surface area contributed by atoms with Crippen LogP contribution in [0.2, 0.25) is 0 Å². The summed E-state index contributed by atoms with van der Waals surface area (Å²) in [7, 11) is -1.95. The standard InChI is InChI=1S/C35H41FN3O2P/c36-34(27-23-25-30(26-24-27)39(28-13-3-1-4-14-28)29-15-5-2-6-16-29)37-41-35(40)38-42(31-17-7-8-18-31,32-19-9-10-20-32)33-21-11-12-22-33/h1-6,13-16,23-26,31-33H,7-12,17-22H2/b37-34-. The predicted octanol–water partition coefficient (Wildman–Crippen LogP) is 11.0. The fourth-order valence-corrected chi connectivity index (χ4v) is 13.9. The highest BCUT2D eigenvalue weighted by Crippen LogP contribution is 2.72. The Morgan fingerprint density at radius 1 is 0.643 bits per heavy atom. The Kier molecular flexibility index (Phi) is 9.19. The van der Waals surface area contributed by atoms with Crippen LogP contribution in [0.15, 0.2) is 94.8 Å². The van der Waals surface area contributed by atoms with Gasteiger partial charge in [-0.15, -0.1) is 0 Å². The van der Waals surface area contributed by atoms with Gasteiger partial charge in [-0.3, -0.25) is 4.84 Å². The molecule has 6 rings (SSSR count). The molecule has 0 heterocycles. The number of carbonyl (C=O) groups is 1. The molecule has 7 heteroatoms. The number of anilines is 3. The number of rotatable bonds is 8. The van der Waals surface area contributed by atoms with Gasteiger partial charge in [0.15, 0.2) is 0 Å². The number of hydrogen-bond acceptors (Lipinski definition) is 4. The van der Waals surface area contributed by atoms with Gasteiger partial charge in [0.2, 0.25) is 0 Å². The van der Waals surface area contributed by atoms with Crippen molar-refractivity contribution < 1.29 is 14.0 Å². The molecule has 0 N–H and O–H groups in total. The van der Waals surface area contributed by atoms with E-state index in [1.807, 2.05) is 72.8 Å². The average Bonchev–Trinajstić information content (AvgIpc) is 3.85. The van der Waals surface area contributed by atoms with Gasteiger partial charge in [-0.2, -0.15) is 9.14 Å². The smallest absolute Gasteiger partial charge is 0.311 e. The van der Waals surface area contributed by atoms with Crippen LogP contribution in [0, 0.1) is 0 Å². The number of hydrogen-bond donors (Lipinski definition) is 0. The summed E-state index contributed by atoms with van der Waals surface area (Å²) in [6.07, 6.45) is 13.7. The zero-order chi connectivity index (χ0) is 28.8. The number of para-hydroxylation sites is 2. The molecule has 0 aliphatic heterocycles. The number of benzene rings is 3. The second-order valence-electron chi connectivity index (χ2n) is 12.0. The molecule has 220 valence electrons. The molecular weight excluding hydrogens is 544 g/mol. The predicted molar refractivity (Wildman–Crippen MR) is 171 cm³/mol. The van der Waals surface area contributed by atoms with Crippen molar-refractivity contribution in [2.75, 3.05) is 4.90 Å². The Bertz CT molecular complexity index is 1320. The summed E-state index contributed by atoms with van der Waals surface area (Å²) in [4.78, 5) is 20.6. The number of carbonyl (C=O) groups excluding carboxylic acids is 1. The van der Waals surface area contributed by atoms with Crippen molar-refractivity contribution in [2.45, 2.75) is 94.0 Å². The van der Waals surface area contributed by atoms with Gasteiger partial charge >= 0.3 is 6.09 Å². The lowest BCUT2D eigenvalue weighted by Crippen LogP contribution is -2.24. The third-order valence-electron chi connectivity index (χ3n) is 9.58. The molecule has 0 bridgehead atoms. The van der Waals surface area contributed by atoms with E-state index in [1.54, 1.807) is 12.1 Å². The Labute approximate surface area is 249 Å². The van der Waals surface area contributed by atoms with Gasteiger partial charge in [0, 0.05) is 22.6 Å². The maximum atomic E-state index is 15.2. The van der Waals surface area contributed by atoms with Crippen LogP contribution in [0.3, 0.4) is 0 Å². The topological polar surface area (TPSA) is 54.3 Å². The second-order valence-corrected chi connectivity index (χ2v) is 16.0. The van der Waals surface area contributed by atoms with Gasteiger partial charge in [-0.05, 0) is 116 Å². The molecule has 0 atom stereocenters. The third-order valence-corrected chi connectivity index (χ3v) is 15.1. The van der Waals surface area contributed by atoms with Crippen LogP contribution in [0.5, 0.6) is 0 Å². The van der Waals surface area contributed by atoms with E-state index in [0.717, 1.165) is 17.1 Å². The maximum absolute atomic E-state index is 15.2. The van der Waals surface area contributed by atoms with Gasteiger partial charge in [-0.25, -0.2) is 4.79 Å². The quantitative estimate of drug-likeness (QED) is 0.114. The minimum atomic E-state index is -1.95. The monoisotopic (exact) mass is 585 g/mol. The van der Waals surface area contributed by atoms with Crippen molar-refractivity contribution in [1.29, 1.82) is 0 Å². The molecule has 3 aromatic rings. The zero-order valence-corrected chi connectivity index (χ0v) is 25.2. The van der Waals surface area contributed by atoms with Crippen LogP contribution in [0.25, 0.3) is 0 Å². The minimum absolute atomic E-state index is 0.260. The molecule has 3 fully saturated rings. The molecule has 0 spiro atoms. The van der Waals surface area contributed by atoms with E-state index < -0.39 is 19.1 Å². The van der Waals surface area contributed by atoms with Crippen LogP contribution in [0.1, 0.15) is 82.6 Å². The number of oxime groups is 1. The molecular formula is C35H41FN3O2P. The summed E-state index contributed by atoms with van der Waals surface area (Å²) in [6, 6.07) is 27.2. The first-order valence-corrected chi connectivity index (χ1v) is 17.7. The van der Waals surface area contributed by atoms with Crippen molar-refractivity contribution in [3.63, 3.8) is 0 Å². The molecule has 3 aromatic carbocycles. The highest BCUT2D eigenvalue weighted by atomic mass is 31.2. The second kappa shape index (κ2) is 13.4. The van der Waals surface area contributed by atoms with Gasteiger partial charge in [0.1, 0.15) is 0 Å². The van der Waals surface area contributed by atoms with E-state index in [0.29, 0.717) is 17.0 Å². The van der Waals surface area contributed by atoms with Crippen molar-refractivity contribution in [3.8, 4) is 0 Å². The highest BCUT2D eigenvalue weighted by Gasteiger charge is 2.47. The van der Waals surface area contributed by atoms with Gasteiger partial charge in [0.05, 0.1) is 0 Å². The fraction of sp³-hybridized carbons (Fsp3) is 0.429. The van der Waals surface area contributed by atoms with Crippen molar-refractivity contribution in [1.82, 2.24) is 0 Å². The summed E-state index contributed by atoms with van der Waals surface area (Å²) < 4.78 is 20.2. The van der Waals surface area contributed by atoms with Crippen molar-refractivity contribution >= 4 is 36.2 Å². The van der Waals surface area contributed by atoms with Crippen molar-refractivity contribution in [3.05, 3.63) is 90.5 Å². The van der Waals surface area contributed by atoms with Gasteiger partial charge in [0.25, 0.3) is 5.97 Å². The minimum Gasteiger partial charge on any atom is -0.311 e. The summed E-state index contributed by atoms with van der Waals surface area (Å²) in [5.74, 6) is -0.817. The normalized spacial score (nSPS) is 18.8. The summed E-state index contributed by atoms with van der Waals surface area (Å²) in [6.45, 7) is 0. The van der Waals surface area contributed by atoms with Crippen LogP contribution in [0.4, 0.5) is 26.2 Å². The van der Waals surface area contributed by atoms with Crippen LogP contribution >= 0.6 is 7.05 Å². The SMILES string of the molecule is O=C(N=P(C1CCCC1)(C1CCCC1)C1CCCC1)O/N=C(\F)c1ccc(N(c2ccccc2)c2ccccc2)cc1. The molecule has 5 nitrogen and oxygen atoms in total. The van der Waals surface area contributed by atoms with E-state index in [-0.39, 0.29) is 5.56 Å². The lowest BCUT2D eigenvalue weighted by Gasteiger charge is -2.40. The van der Waals surface area contributed by atoms with Gasteiger partial charge < -0.3 is 4.90 Å².